The molecule has 0 radical (unpaired) electrons. The van der Waals surface area contributed by atoms with Crippen molar-refractivity contribution in [3.05, 3.63) is 67.0 Å². The van der Waals surface area contributed by atoms with E-state index in [0.717, 1.165) is 27.8 Å². The van der Waals surface area contributed by atoms with E-state index in [2.05, 4.69) is 20.2 Å². The third-order valence-corrected chi connectivity index (χ3v) is 3.70. The molecule has 0 spiro atoms. The van der Waals surface area contributed by atoms with E-state index in [1.807, 2.05) is 60.7 Å². The van der Waals surface area contributed by atoms with Crippen LogP contribution >= 0.6 is 0 Å². The summed E-state index contributed by atoms with van der Waals surface area (Å²) in [5.41, 5.74) is 10.3. The maximum atomic E-state index is 6.12. The number of fused-ring (bicyclic) bond motifs is 1. The van der Waals surface area contributed by atoms with Crippen molar-refractivity contribution in [3.8, 4) is 22.4 Å². The molecule has 0 saturated carbocycles. The topological polar surface area (TPSA) is 77.6 Å². The number of benzene rings is 2. The van der Waals surface area contributed by atoms with Gasteiger partial charge < -0.3 is 5.73 Å². The van der Waals surface area contributed by atoms with Gasteiger partial charge in [0.1, 0.15) is 17.8 Å². The summed E-state index contributed by atoms with van der Waals surface area (Å²) in [6, 6.07) is 19.9. The lowest BCUT2D eigenvalue weighted by molar-refractivity contribution is 1.05. The highest BCUT2D eigenvalue weighted by atomic mass is 15.1. The van der Waals surface area contributed by atoms with E-state index < -0.39 is 0 Å². The predicted molar refractivity (Wildman–Crippen MR) is 90.4 cm³/mol. The molecule has 2 heterocycles. The number of hydrogen-bond acceptors (Lipinski definition) is 5. The van der Waals surface area contributed by atoms with E-state index in [4.69, 9.17) is 5.73 Å². The number of nitrogens with two attached hydrogens (primary N) is 1. The van der Waals surface area contributed by atoms with Gasteiger partial charge in [0.05, 0.1) is 5.39 Å². The SMILES string of the molecule is Nc1ncnc2nnc(-c3ccccc3)c(-c3ccccc3)c12. The molecule has 0 saturated heterocycles. The summed E-state index contributed by atoms with van der Waals surface area (Å²) in [7, 11) is 0. The standard InChI is InChI=1S/C18H13N5/c19-17-15-14(12-7-3-1-4-8-12)16(13-9-5-2-6-10-13)22-23-18(15)21-11-20-17/h1-11H,(H2,19,20,21,23). The van der Waals surface area contributed by atoms with E-state index in [1.54, 1.807) is 0 Å². The molecule has 5 heteroatoms. The number of aromatic nitrogens is 4. The Morgan fingerprint density at radius 3 is 2.04 bits per heavy atom. The van der Waals surface area contributed by atoms with Crippen molar-refractivity contribution in [1.82, 2.24) is 20.2 Å². The molecule has 0 bridgehead atoms. The molecule has 0 amide bonds. The summed E-state index contributed by atoms with van der Waals surface area (Å²) in [6.45, 7) is 0. The van der Waals surface area contributed by atoms with Crippen LogP contribution in [0.2, 0.25) is 0 Å². The van der Waals surface area contributed by atoms with Crippen LogP contribution in [-0.2, 0) is 0 Å². The fourth-order valence-corrected chi connectivity index (χ4v) is 2.65. The molecule has 2 aromatic heterocycles. The third-order valence-electron chi connectivity index (χ3n) is 3.70. The maximum Gasteiger partial charge on any atom is 0.187 e. The fourth-order valence-electron chi connectivity index (χ4n) is 2.65. The van der Waals surface area contributed by atoms with Gasteiger partial charge in [0.2, 0.25) is 0 Å². The average molecular weight is 299 g/mol. The third kappa shape index (κ3) is 2.28. The van der Waals surface area contributed by atoms with Crippen molar-refractivity contribution >= 4 is 16.9 Å². The smallest absolute Gasteiger partial charge is 0.187 e. The Morgan fingerprint density at radius 1 is 0.696 bits per heavy atom. The molecule has 23 heavy (non-hydrogen) atoms. The Balaban J connectivity index is 2.14. The zero-order chi connectivity index (χ0) is 15.6. The molecular weight excluding hydrogens is 286 g/mol. The molecule has 0 fully saturated rings. The van der Waals surface area contributed by atoms with Gasteiger partial charge in [-0.25, -0.2) is 9.97 Å². The van der Waals surface area contributed by atoms with Crippen LogP contribution in [0.15, 0.2) is 67.0 Å². The number of anilines is 1. The highest BCUT2D eigenvalue weighted by molar-refractivity contribution is 6.04. The Labute approximate surface area is 132 Å². The van der Waals surface area contributed by atoms with E-state index in [9.17, 15) is 0 Å². The zero-order valence-electron chi connectivity index (χ0n) is 12.2. The largest absolute Gasteiger partial charge is 0.383 e. The average Bonchev–Trinajstić information content (AvgIpc) is 2.62. The van der Waals surface area contributed by atoms with Gasteiger partial charge in [-0.15, -0.1) is 10.2 Å². The molecule has 5 nitrogen and oxygen atoms in total. The molecule has 4 aromatic rings. The molecular formula is C18H13N5. The Morgan fingerprint density at radius 2 is 1.35 bits per heavy atom. The first-order valence-corrected chi connectivity index (χ1v) is 7.22. The Kier molecular flexibility index (Phi) is 3.16. The molecule has 0 aliphatic rings. The summed E-state index contributed by atoms with van der Waals surface area (Å²) in [4.78, 5) is 8.33. The number of hydrogen-bond donors (Lipinski definition) is 1. The van der Waals surface area contributed by atoms with Crippen molar-refractivity contribution in [2.24, 2.45) is 0 Å². The van der Waals surface area contributed by atoms with Gasteiger partial charge in [-0.3, -0.25) is 0 Å². The monoisotopic (exact) mass is 299 g/mol. The minimum absolute atomic E-state index is 0.404. The lowest BCUT2D eigenvalue weighted by Gasteiger charge is -2.12. The summed E-state index contributed by atoms with van der Waals surface area (Å²) >= 11 is 0. The second-order valence-corrected chi connectivity index (χ2v) is 5.11. The quantitative estimate of drug-likeness (QED) is 0.614. The first-order chi connectivity index (χ1) is 11.3. The predicted octanol–water partition coefficient (Wildman–Crippen LogP) is 3.34. The summed E-state index contributed by atoms with van der Waals surface area (Å²) < 4.78 is 0. The van der Waals surface area contributed by atoms with Crippen LogP contribution in [0.4, 0.5) is 5.82 Å². The molecule has 0 aliphatic heterocycles. The summed E-state index contributed by atoms with van der Waals surface area (Å²) in [5, 5.41) is 9.35. The van der Waals surface area contributed by atoms with Gasteiger partial charge in [-0.1, -0.05) is 60.7 Å². The van der Waals surface area contributed by atoms with Crippen molar-refractivity contribution in [2.75, 3.05) is 5.73 Å². The number of rotatable bonds is 2. The van der Waals surface area contributed by atoms with Crippen molar-refractivity contribution < 1.29 is 0 Å². The second kappa shape index (κ2) is 5.46. The van der Waals surface area contributed by atoms with Crippen LogP contribution in [-0.4, -0.2) is 20.2 Å². The molecule has 4 rings (SSSR count). The normalized spacial score (nSPS) is 10.8. The molecule has 2 aromatic carbocycles. The molecule has 2 N–H and O–H groups in total. The highest BCUT2D eigenvalue weighted by Gasteiger charge is 2.17. The molecule has 0 unspecified atom stereocenters. The van der Waals surface area contributed by atoms with Crippen LogP contribution in [0.5, 0.6) is 0 Å². The maximum absolute atomic E-state index is 6.12. The van der Waals surface area contributed by atoms with E-state index in [0.29, 0.717) is 11.5 Å². The van der Waals surface area contributed by atoms with E-state index in [1.165, 1.54) is 6.33 Å². The van der Waals surface area contributed by atoms with Gasteiger partial charge in [0.15, 0.2) is 5.65 Å². The summed E-state index contributed by atoms with van der Waals surface area (Å²) in [6.07, 6.45) is 1.41. The van der Waals surface area contributed by atoms with Crippen molar-refractivity contribution in [3.63, 3.8) is 0 Å². The Hall–Kier alpha value is -3.34. The minimum atomic E-state index is 0.404. The summed E-state index contributed by atoms with van der Waals surface area (Å²) in [5.74, 6) is 0.404. The first kappa shape index (κ1) is 13.3. The number of nitrogens with zero attached hydrogens (tertiary/aromatic N) is 4. The van der Waals surface area contributed by atoms with Gasteiger partial charge in [0.25, 0.3) is 0 Å². The fraction of sp³-hybridized carbons (Fsp3) is 0. The molecule has 0 atom stereocenters. The van der Waals surface area contributed by atoms with Crippen molar-refractivity contribution in [1.29, 1.82) is 0 Å². The van der Waals surface area contributed by atoms with Gasteiger partial charge in [-0.05, 0) is 5.56 Å². The number of nitrogen functional groups attached to an aromatic ring is 1. The van der Waals surface area contributed by atoms with Gasteiger partial charge >= 0.3 is 0 Å². The lowest BCUT2D eigenvalue weighted by atomic mass is 9.97. The van der Waals surface area contributed by atoms with Crippen LogP contribution < -0.4 is 5.73 Å². The van der Waals surface area contributed by atoms with Gasteiger partial charge in [0, 0.05) is 11.1 Å². The minimum Gasteiger partial charge on any atom is -0.383 e. The zero-order valence-corrected chi connectivity index (χ0v) is 12.2. The first-order valence-electron chi connectivity index (χ1n) is 7.22. The highest BCUT2D eigenvalue weighted by Crippen LogP contribution is 2.36. The second-order valence-electron chi connectivity index (χ2n) is 5.11. The van der Waals surface area contributed by atoms with E-state index >= 15 is 0 Å². The molecule has 110 valence electrons. The van der Waals surface area contributed by atoms with E-state index in [-0.39, 0.29) is 0 Å². The molecule has 0 aliphatic carbocycles. The lowest BCUT2D eigenvalue weighted by Crippen LogP contribution is -2.01. The van der Waals surface area contributed by atoms with Crippen LogP contribution in [0.25, 0.3) is 33.4 Å². The van der Waals surface area contributed by atoms with Gasteiger partial charge in [-0.2, -0.15) is 0 Å². The van der Waals surface area contributed by atoms with Crippen LogP contribution in [0, 0.1) is 0 Å². The Bertz CT molecular complexity index is 968. The van der Waals surface area contributed by atoms with Crippen molar-refractivity contribution in [2.45, 2.75) is 0 Å². The van der Waals surface area contributed by atoms with Crippen LogP contribution in [0.1, 0.15) is 0 Å². The van der Waals surface area contributed by atoms with Crippen LogP contribution in [0.3, 0.4) is 0 Å².